The van der Waals surface area contributed by atoms with E-state index in [4.69, 9.17) is 4.74 Å². The van der Waals surface area contributed by atoms with Gasteiger partial charge in [0.2, 0.25) is 0 Å². The number of benzene rings is 1. The molecule has 0 radical (unpaired) electrons. The van der Waals surface area contributed by atoms with Crippen LogP contribution in [0.3, 0.4) is 0 Å². The van der Waals surface area contributed by atoms with E-state index in [0.717, 1.165) is 25.1 Å². The highest BCUT2D eigenvalue weighted by Gasteiger charge is 2.32. The summed E-state index contributed by atoms with van der Waals surface area (Å²) in [7, 11) is 0. The van der Waals surface area contributed by atoms with Crippen LogP contribution in [0.2, 0.25) is 0 Å². The number of ether oxygens (including phenoxy) is 1. The normalized spacial score (nSPS) is 17.9. The SMILES string of the molecule is O=C(NC[C@H]1CCCO1)C(=O)N/N=C\c1ccccc1C(F)(F)F. The van der Waals surface area contributed by atoms with Crippen LogP contribution in [0.1, 0.15) is 24.0 Å². The molecular formula is C15H16F3N3O3. The zero-order valence-electron chi connectivity index (χ0n) is 12.6. The molecule has 1 heterocycles. The maximum atomic E-state index is 12.8. The molecule has 1 saturated heterocycles. The molecule has 1 aromatic rings. The third-order valence-corrected chi connectivity index (χ3v) is 3.36. The molecule has 24 heavy (non-hydrogen) atoms. The maximum Gasteiger partial charge on any atom is 0.417 e. The first kappa shape index (κ1) is 17.9. The van der Waals surface area contributed by atoms with Crippen LogP contribution < -0.4 is 10.7 Å². The number of halogens is 3. The standard InChI is InChI=1S/C15H16F3N3O3/c16-15(17,18)12-6-2-1-4-10(12)8-20-21-14(23)13(22)19-9-11-5-3-7-24-11/h1-2,4,6,8,11H,3,5,7,9H2,(H,19,22)(H,21,23)/b20-8-/t11-/m1/s1. The lowest BCUT2D eigenvalue weighted by Crippen LogP contribution is -2.41. The number of hydrazone groups is 1. The molecule has 9 heteroatoms. The molecule has 0 unspecified atom stereocenters. The van der Waals surface area contributed by atoms with Crippen molar-refractivity contribution in [2.75, 3.05) is 13.2 Å². The smallest absolute Gasteiger partial charge is 0.376 e. The van der Waals surface area contributed by atoms with Gasteiger partial charge in [-0.25, -0.2) is 5.43 Å². The fourth-order valence-electron chi connectivity index (χ4n) is 2.17. The molecule has 1 aliphatic rings. The van der Waals surface area contributed by atoms with Crippen molar-refractivity contribution in [2.45, 2.75) is 25.1 Å². The molecule has 0 saturated carbocycles. The molecule has 0 aliphatic carbocycles. The van der Waals surface area contributed by atoms with E-state index in [9.17, 15) is 22.8 Å². The third kappa shape index (κ3) is 5.05. The quantitative estimate of drug-likeness (QED) is 0.493. The number of hydrogen-bond donors (Lipinski definition) is 2. The molecule has 2 rings (SSSR count). The monoisotopic (exact) mass is 343 g/mol. The molecular weight excluding hydrogens is 327 g/mol. The zero-order valence-corrected chi connectivity index (χ0v) is 12.6. The number of nitrogens with zero attached hydrogens (tertiary/aromatic N) is 1. The second-order valence-electron chi connectivity index (χ2n) is 5.13. The number of alkyl halides is 3. The van der Waals surface area contributed by atoms with Crippen molar-refractivity contribution in [1.29, 1.82) is 0 Å². The van der Waals surface area contributed by atoms with Gasteiger partial charge < -0.3 is 10.1 Å². The second kappa shape index (κ2) is 7.91. The maximum absolute atomic E-state index is 12.8. The Hall–Kier alpha value is -2.42. The van der Waals surface area contributed by atoms with Crippen LogP contribution in [0.15, 0.2) is 29.4 Å². The summed E-state index contributed by atoms with van der Waals surface area (Å²) in [4.78, 5) is 23.1. The predicted octanol–water partition coefficient (Wildman–Crippen LogP) is 1.45. The molecule has 2 N–H and O–H groups in total. The topological polar surface area (TPSA) is 79.8 Å². The minimum Gasteiger partial charge on any atom is -0.376 e. The average Bonchev–Trinajstić information content (AvgIpc) is 3.05. The highest BCUT2D eigenvalue weighted by molar-refractivity contribution is 6.35. The van der Waals surface area contributed by atoms with Crippen molar-refractivity contribution >= 4 is 18.0 Å². The molecule has 1 fully saturated rings. The predicted molar refractivity (Wildman–Crippen MR) is 79.2 cm³/mol. The highest BCUT2D eigenvalue weighted by atomic mass is 19.4. The Morgan fingerprint density at radius 3 is 2.71 bits per heavy atom. The van der Waals surface area contributed by atoms with E-state index < -0.39 is 23.6 Å². The first-order chi connectivity index (χ1) is 11.4. The van der Waals surface area contributed by atoms with Gasteiger partial charge in [0.15, 0.2) is 0 Å². The van der Waals surface area contributed by atoms with Crippen molar-refractivity contribution in [3.63, 3.8) is 0 Å². The van der Waals surface area contributed by atoms with Crippen LogP contribution in [0.5, 0.6) is 0 Å². The van der Waals surface area contributed by atoms with E-state index in [0.29, 0.717) is 6.61 Å². The number of carbonyl (C=O) groups is 2. The van der Waals surface area contributed by atoms with Crippen molar-refractivity contribution < 1.29 is 27.5 Å². The summed E-state index contributed by atoms with van der Waals surface area (Å²) in [5.74, 6) is -1.99. The lowest BCUT2D eigenvalue weighted by molar-refractivity contribution is -0.139. The summed E-state index contributed by atoms with van der Waals surface area (Å²) in [5.41, 5.74) is 0.794. The van der Waals surface area contributed by atoms with Gasteiger partial charge in [0.1, 0.15) is 0 Å². The van der Waals surface area contributed by atoms with Gasteiger partial charge in [-0.15, -0.1) is 0 Å². The molecule has 1 aromatic carbocycles. The van der Waals surface area contributed by atoms with Gasteiger partial charge in [0.25, 0.3) is 0 Å². The molecule has 0 bridgehead atoms. The van der Waals surface area contributed by atoms with Crippen molar-refractivity contribution in [2.24, 2.45) is 5.10 Å². The Morgan fingerprint density at radius 1 is 1.29 bits per heavy atom. The van der Waals surface area contributed by atoms with E-state index in [1.54, 1.807) is 0 Å². The summed E-state index contributed by atoms with van der Waals surface area (Å²) in [6, 6.07) is 4.76. The number of carbonyl (C=O) groups excluding carboxylic acids is 2. The summed E-state index contributed by atoms with van der Waals surface area (Å²) >= 11 is 0. The van der Waals surface area contributed by atoms with Crippen molar-refractivity contribution in [1.82, 2.24) is 10.7 Å². The molecule has 130 valence electrons. The largest absolute Gasteiger partial charge is 0.417 e. The lowest BCUT2D eigenvalue weighted by Gasteiger charge is -2.10. The van der Waals surface area contributed by atoms with E-state index in [1.807, 2.05) is 5.43 Å². The summed E-state index contributed by atoms with van der Waals surface area (Å²) in [5, 5.41) is 5.78. The Labute approximate surface area is 136 Å². The van der Waals surface area contributed by atoms with Gasteiger partial charge in [-0.3, -0.25) is 9.59 Å². The van der Waals surface area contributed by atoms with E-state index >= 15 is 0 Å². The van der Waals surface area contributed by atoms with Crippen molar-refractivity contribution in [3.8, 4) is 0 Å². The van der Waals surface area contributed by atoms with Gasteiger partial charge in [0, 0.05) is 18.7 Å². The van der Waals surface area contributed by atoms with Gasteiger partial charge in [-0.1, -0.05) is 18.2 Å². The summed E-state index contributed by atoms with van der Waals surface area (Å²) in [6.07, 6.45) is -2.12. The van der Waals surface area contributed by atoms with E-state index in [2.05, 4.69) is 10.4 Å². The first-order valence-corrected chi connectivity index (χ1v) is 7.27. The van der Waals surface area contributed by atoms with Crippen LogP contribution in [0.25, 0.3) is 0 Å². The molecule has 2 amide bonds. The Morgan fingerprint density at radius 2 is 2.04 bits per heavy atom. The Kier molecular flexibility index (Phi) is 5.91. The van der Waals surface area contributed by atoms with Gasteiger partial charge >= 0.3 is 18.0 Å². The van der Waals surface area contributed by atoms with Gasteiger partial charge in [0.05, 0.1) is 17.9 Å². The van der Waals surface area contributed by atoms with Crippen LogP contribution in [-0.4, -0.2) is 37.3 Å². The lowest BCUT2D eigenvalue weighted by atomic mass is 10.1. The van der Waals surface area contributed by atoms with Crippen LogP contribution in [0, 0.1) is 0 Å². The minimum atomic E-state index is -4.54. The number of amides is 2. The molecule has 1 atom stereocenters. The molecule has 1 aliphatic heterocycles. The van der Waals surface area contributed by atoms with Crippen LogP contribution >= 0.6 is 0 Å². The fraction of sp³-hybridized carbons (Fsp3) is 0.400. The Bertz CT molecular complexity index is 626. The average molecular weight is 343 g/mol. The number of hydrogen-bond acceptors (Lipinski definition) is 4. The van der Waals surface area contributed by atoms with Gasteiger partial charge in [-0.05, 0) is 18.9 Å². The van der Waals surface area contributed by atoms with E-state index in [-0.39, 0.29) is 18.2 Å². The third-order valence-electron chi connectivity index (χ3n) is 3.36. The molecule has 0 spiro atoms. The van der Waals surface area contributed by atoms with Crippen LogP contribution in [0.4, 0.5) is 13.2 Å². The second-order valence-corrected chi connectivity index (χ2v) is 5.13. The van der Waals surface area contributed by atoms with Gasteiger partial charge in [-0.2, -0.15) is 18.3 Å². The van der Waals surface area contributed by atoms with Crippen LogP contribution in [-0.2, 0) is 20.5 Å². The molecule has 0 aromatic heterocycles. The van der Waals surface area contributed by atoms with Crippen molar-refractivity contribution in [3.05, 3.63) is 35.4 Å². The number of rotatable bonds is 4. The number of nitrogens with one attached hydrogen (secondary N) is 2. The molecule has 6 nitrogen and oxygen atoms in total. The summed E-state index contributed by atoms with van der Waals surface area (Å²) in [6.45, 7) is 0.822. The fourth-order valence-corrected chi connectivity index (χ4v) is 2.17. The Balaban J connectivity index is 1.87. The first-order valence-electron chi connectivity index (χ1n) is 7.27. The van der Waals surface area contributed by atoms with E-state index in [1.165, 1.54) is 18.2 Å². The highest BCUT2D eigenvalue weighted by Crippen LogP contribution is 2.30. The zero-order chi connectivity index (χ0) is 17.6. The summed E-state index contributed by atoms with van der Waals surface area (Å²) < 4.78 is 43.6. The minimum absolute atomic E-state index is 0.121.